The largest absolute Gasteiger partial charge is 0.438 e. The third kappa shape index (κ3) is 2.91. The number of ether oxygens (including phenoxy) is 1. The van der Waals surface area contributed by atoms with E-state index in [1.165, 1.54) is 0 Å². The molecule has 1 aromatic heterocycles. The van der Waals surface area contributed by atoms with Crippen LogP contribution in [0.1, 0.15) is 31.3 Å². The molecule has 0 amide bonds. The SMILES string of the molecule is CCn1c(C(C)O)nc(Cl)c1Oc1ccc(C)cc1. The molecule has 5 heteroatoms. The van der Waals surface area contributed by atoms with Crippen LogP contribution < -0.4 is 4.74 Å². The van der Waals surface area contributed by atoms with Crippen molar-refractivity contribution in [3.8, 4) is 11.6 Å². The topological polar surface area (TPSA) is 47.3 Å². The number of aliphatic hydroxyl groups excluding tert-OH is 1. The van der Waals surface area contributed by atoms with Crippen molar-refractivity contribution in [1.29, 1.82) is 0 Å². The smallest absolute Gasteiger partial charge is 0.239 e. The molecule has 0 saturated heterocycles. The molecular formula is C14H17ClN2O2. The van der Waals surface area contributed by atoms with Crippen molar-refractivity contribution in [3.63, 3.8) is 0 Å². The lowest BCUT2D eigenvalue weighted by Gasteiger charge is -2.11. The van der Waals surface area contributed by atoms with E-state index in [-0.39, 0.29) is 5.15 Å². The Labute approximate surface area is 117 Å². The first-order valence-corrected chi connectivity index (χ1v) is 6.59. The second kappa shape index (κ2) is 5.63. The van der Waals surface area contributed by atoms with Crippen LogP contribution in [0, 0.1) is 6.92 Å². The van der Waals surface area contributed by atoms with Crippen molar-refractivity contribution < 1.29 is 9.84 Å². The number of imidazole rings is 1. The van der Waals surface area contributed by atoms with Gasteiger partial charge in [0.25, 0.3) is 0 Å². The van der Waals surface area contributed by atoms with Gasteiger partial charge in [0, 0.05) is 6.54 Å². The third-order valence-electron chi connectivity index (χ3n) is 2.84. The molecule has 0 aliphatic rings. The van der Waals surface area contributed by atoms with Crippen LogP contribution in [0.5, 0.6) is 11.6 Å². The zero-order valence-electron chi connectivity index (χ0n) is 11.2. The molecule has 0 fully saturated rings. The molecule has 0 saturated carbocycles. The zero-order valence-corrected chi connectivity index (χ0v) is 12.0. The minimum atomic E-state index is -0.687. The molecule has 0 aliphatic carbocycles. The molecule has 0 bridgehead atoms. The summed E-state index contributed by atoms with van der Waals surface area (Å²) in [4.78, 5) is 4.15. The number of benzene rings is 1. The van der Waals surface area contributed by atoms with Crippen molar-refractivity contribution in [3.05, 3.63) is 40.8 Å². The molecule has 0 aliphatic heterocycles. The van der Waals surface area contributed by atoms with Gasteiger partial charge in [0.15, 0.2) is 5.15 Å². The van der Waals surface area contributed by atoms with E-state index in [1.54, 1.807) is 11.5 Å². The van der Waals surface area contributed by atoms with Gasteiger partial charge in [-0.3, -0.25) is 4.57 Å². The second-order valence-electron chi connectivity index (χ2n) is 4.40. The normalized spacial score (nSPS) is 12.5. The van der Waals surface area contributed by atoms with Crippen molar-refractivity contribution >= 4 is 11.6 Å². The van der Waals surface area contributed by atoms with Gasteiger partial charge in [-0.15, -0.1) is 0 Å². The van der Waals surface area contributed by atoms with Crippen LogP contribution in [0.15, 0.2) is 24.3 Å². The van der Waals surface area contributed by atoms with Crippen molar-refractivity contribution in [2.75, 3.05) is 0 Å². The van der Waals surface area contributed by atoms with Gasteiger partial charge in [-0.25, -0.2) is 4.98 Å². The van der Waals surface area contributed by atoms with E-state index < -0.39 is 6.10 Å². The zero-order chi connectivity index (χ0) is 14.0. The summed E-state index contributed by atoms with van der Waals surface area (Å²) in [5.41, 5.74) is 1.16. The average Bonchev–Trinajstić information content (AvgIpc) is 2.69. The van der Waals surface area contributed by atoms with Crippen LogP contribution in [0.3, 0.4) is 0 Å². The number of hydrogen-bond donors (Lipinski definition) is 1. The number of nitrogens with zero attached hydrogens (tertiary/aromatic N) is 2. The van der Waals surface area contributed by atoms with E-state index in [0.29, 0.717) is 24.0 Å². The summed E-state index contributed by atoms with van der Waals surface area (Å²) in [6.45, 7) is 6.24. The maximum Gasteiger partial charge on any atom is 0.239 e. The Hall–Kier alpha value is -1.52. The van der Waals surface area contributed by atoms with Crippen LogP contribution in [0.25, 0.3) is 0 Å². The van der Waals surface area contributed by atoms with Gasteiger partial charge in [-0.2, -0.15) is 0 Å². The van der Waals surface area contributed by atoms with E-state index >= 15 is 0 Å². The molecule has 1 heterocycles. The molecule has 102 valence electrons. The summed E-state index contributed by atoms with van der Waals surface area (Å²) in [7, 11) is 0. The van der Waals surface area contributed by atoms with Crippen molar-refractivity contribution in [1.82, 2.24) is 9.55 Å². The third-order valence-corrected chi connectivity index (χ3v) is 3.08. The van der Waals surface area contributed by atoms with Gasteiger partial charge < -0.3 is 9.84 Å². The Morgan fingerprint density at radius 1 is 1.37 bits per heavy atom. The molecule has 2 rings (SSSR count). The fraction of sp³-hybridized carbons (Fsp3) is 0.357. The van der Waals surface area contributed by atoms with Gasteiger partial charge >= 0.3 is 0 Å². The highest BCUT2D eigenvalue weighted by Crippen LogP contribution is 2.32. The first kappa shape index (κ1) is 13.9. The van der Waals surface area contributed by atoms with Gasteiger partial charge in [-0.1, -0.05) is 29.3 Å². The fourth-order valence-electron chi connectivity index (χ4n) is 1.86. The summed E-state index contributed by atoms with van der Waals surface area (Å²) in [5.74, 6) is 1.66. The lowest BCUT2D eigenvalue weighted by molar-refractivity contribution is 0.182. The van der Waals surface area contributed by atoms with E-state index in [9.17, 15) is 5.11 Å². The molecule has 4 nitrogen and oxygen atoms in total. The Bertz CT molecular complexity index is 562. The predicted molar refractivity (Wildman–Crippen MR) is 74.8 cm³/mol. The van der Waals surface area contributed by atoms with E-state index in [0.717, 1.165) is 5.56 Å². The molecule has 1 aromatic carbocycles. The standard InChI is InChI=1S/C14H17ClN2O2/c1-4-17-13(10(3)18)16-12(15)14(17)19-11-7-5-9(2)6-8-11/h5-8,10,18H,4H2,1-3H3. The van der Waals surface area contributed by atoms with Crippen molar-refractivity contribution in [2.24, 2.45) is 0 Å². The number of aliphatic hydroxyl groups is 1. The van der Waals surface area contributed by atoms with Crippen molar-refractivity contribution in [2.45, 2.75) is 33.4 Å². The molecular weight excluding hydrogens is 264 g/mol. The monoisotopic (exact) mass is 280 g/mol. The summed E-state index contributed by atoms with van der Waals surface area (Å²) < 4.78 is 7.55. The highest BCUT2D eigenvalue weighted by molar-refractivity contribution is 6.30. The second-order valence-corrected chi connectivity index (χ2v) is 4.76. The average molecular weight is 281 g/mol. The lowest BCUT2D eigenvalue weighted by atomic mass is 10.2. The fourth-order valence-corrected chi connectivity index (χ4v) is 2.09. The number of rotatable bonds is 4. The summed E-state index contributed by atoms with van der Waals surface area (Å²) in [5, 5.41) is 9.94. The number of hydrogen-bond acceptors (Lipinski definition) is 3. The van der Waals surface area contributed by atoms with E-state index in [2.05, 4.69) is 4.98 Å². The first-order valence-electron chi connectivity index (χ1n) is 6.21. The maximum atomic E-state index is 9.68. The predicted octanol–water partition coefficient (Wildman–Crippen LogP) is 3.71. The summed E-state index contributed by atoms with van der Waals surface area (Å²) in [6, 6.07) is 7.68. The molecule has 0 spiro atoms. The molecule has 2 aromatic rings. The molecule has 1 atom stereocenters. The minimum absolute atomic E-state index is 0.262. The number of aromatic nitrogens is 2. The lowest BCUT2D eigenvalue weighted by Crippen LogP contribution is -2.06. The highest BCUT2D eigenvalue weighted by atomic mass is 35.5. The molecule has 0 radical (unpaired) electrons. The molecule has 19 heavy (non-hydrogen) atoms. The Morgan fingerprint density at radius 2 is 2.00 bits per heavy atom. The van der Waals surface area contributed by atoms with Crippen LogP contribution in [-0.4, -0.2) is 14.7 Å². The van der Waals surface area contributed by atoms with E-state index in [1.807, 2.05) is 38.1 Å². The van der Waals surface area contributed by atoms with E-state index in [4.69, 9.17) is 16.3 Å². The molecule has 1 unspecified atom stereocenters. The number of halogens is 1. The maximum absolute atomic E-state index is 9.68. The van der Waals surface area contributed by atoms with Crippen LogP contribution in [-0.2, 0) is 6.54 Å². The Morgan fingerprint density at radius 3 is 2.53 bits per heavy atom. The van der Waals surface area contributed by atoms with Crippen LogP contribution in [0.2, 0.25) is 5.15 Å². The van der Waals surface area contributed by atoms with Gasteiger partial charge in [0.2, 0.25) is 5.88 Å². The Kier molecular flexibility index (Phi) is 4.12. The van der Waals surface area contributed by atoms with Gasteiger partial charge in [0.05, 0.1) is 0 Å². The number of aryl methyl sites for hydroxylation is 1. The Balaban J connectivity index is 2.36. The van der Waals surface area contributed by atoms with Crippen LogP contribution in [0.4, 0.5) is 0 Å². The summed E-state index contributed by atoms with van der Waals surface area (Å²) in [6.07, 6.45) is -0.687. The van der Waals surface area contributed by atoms with Crippen LogP contribution >= 0.6 is 11.6 Å². The highest BCUT2D eigenvalue weighted by Gasteiger charge is 2.19. The first-order chi connectivity index (χ1) is 9.02. The van der Waals surface area contributed by atoms with Gasteiger partial charge in [-0.05, 0) is 32.9 Å². The summed E-state index contributed by atoms with van der Waals surface area (Å²) >= 11 is 6.09. The molecule has 1 N–H and O–H groups in total. The quantitative estimate of drug-likeness (QED) is 0.929. The van der Waals surface area contributed by atoms with Gasteiger partial charge in [0.1, 0.15) is 17.7 Å². The minimum Gasteiger partial charge on any atom is -0.438 e.